The Bertz CT molecular complexity index is 422. The molecule has 7 nitrogen and oxygen atoms in total. The molecule has 0 radical (unpaired) electrons. The van der Waals surface area contributed by atoms with Crippen LogP contribution in [0.1, 0.15) is 20.8 Å². The maximum Gasteiger partial charge on any atom is 0.410 e. The molecule has 0 aromatic carbocycles. The van der Waals surface area contributed by atoms with Gasteiger partial charge in [-0.3, -0.25) is 4.90 Å². The van der Waals surface area contributed by atoms with Crippen LogP contribution in [0.15, 0.2) is 0 Å². The van der Waals surface area contributed by atoms with Gasteiger partial charge in [-0.1, -0.05) is 0 Å². The van der Waals surface area contributed by atoms with Crippen LogP contribution in [0, 0.1) is 0 Å². The first-order valence-corrected chi connectivity index (χ1v) is 7.26. The summed E-state index contributed by atoms with van der Waals surface area (Å²) in [5.41, 5.74) is -0.778. The van der Waals surface area contributed by atoms with Crippen LogP contribution in [0.2, 0.25) is 0 Å². The number of carbonyl (C=O) groups is 2. The van der Waals surface area contributed by atoms with E-state index in [-0.39, 0.29) is 0 Å². The summed E-state index contributed by atoms with van der Waals surface area (Å²) < 4.78 is 27.2. The largest absolute Gasteiger partial charge is 0.480 e. The van der Waals surface area contributed by atoms with Crippen molar-refractivity contribution in [1.29, 1.82) is 0 Å². The molecule has 0 unspecified atom stereocenters. The molecule has 0 rings (SSSR count). The zero-order valence-electron chi connectivity index (χ0n) is 11.1. The van der Waals surface area contributed by atoms with E-state index in [1.54, 1.807) is 20.8 Å². The molecule has 1 amide bonds. The summed E-state index contributed by atoms with van der Waals surface area (Å²) in [5, 5.41) is 8.94. The molecule has 0 bridgehead atoms. The molecule has 1 atom stereocenters. The van der Waals surface area contributed by atoms with Crippen molar-refractivity contribution in [3.8, 4) is 0 Å². The summed E-state index contributed by atoms with van der Waals surface area (Å²) in [5.74, 6) is -2.05. The van der Waals surface area contributed by atoms with Crippen LogP contribution in [0.25, 0.3) is 0 Å². The molecule has 0 aliphatic carbocycles. The molecule has 0 saturated carbocycles. The highest BCUT2D eigenvalue weighted by molar-refractivity contribution is 7.90. The number of ether oxygens (including phenoxy) is 1. The Balaban J connectivity index is 4.94. The molecule has 8 heteroatoms. The van der Waals surface area contributed by atoms with Gasteiger partial charge in [0.1, 0.15) is 21.5 Å². The van der Waals surface area contributed by atoms with Gasteiger partial charge in [0, 0.05) is 13.3 Å². The summed E-state index contributed by atoms with van der Waals surface area (Å²) in [7, 11) is -2.33. The van der Waals surface area contributed by atoms with Crippen LogP contribution in [0.5, 0.6) is 0 Å². The van der Waals surface area contributed by atoms with E-state index in [0.29, 0.717) is 0 Å². The third-order valence-corrected chi connectivity index (χ3v) is 2.82. The highest BCUT2D eigenvalue weighted by atomic mass is 32.2. The maximum absolute atomic E-state index is 11.6. The van der Waals surface area contributed by atoms with Crippen LogP contribution in [-0.2, 0) is 19.4 Å². The summed E-state index contributed by atoms with van der Waals surface area (Å²) in [6.07, 6.45) is 0.0323. The van der Waals surface area contributed by atoms with E-state index < -0.39 is 39.3 Å². The van der Waals surface area contributed by atoms with Gasteiger partial charge < -0.3 is 9.84 Å². The molecule has 0 aromatic rings. The fraction of sp³-hybridized carbons (Fsp3) is 0.800. The average Bonchev–Trinajstić information content (AvgIpc) is 2.08. The number of aliphatic carboxylic acids is 1. The highest BCUT2D eigenvalue weighted by Crippen LogP contribution is 2.11. The molecular formula is C10H19NO6S. The van der Waals surface area contributed by atoms with Crippen molar-refractivity contribution in [2.75, 3.05) is 19.1 Å². The van der Waals surface area contributed by atoms with E-state index in [0.717, 1.165) is 11.2 Å². The molecule has 106 valence electrons. The smallest absolute Gasteiger partial charge is 0.410 e. The Labute approximate surface area is 107 Å². The van der Waals surface area contributed by atoms with Crippen LogP contribution in [0.4, 0.5) is 4.79 Å². The first-order chi connectivity index (χ1) is 7.83. The Morgan fingerprint density at radius 1 is 1.33 bits per heavy atom. The highest BCUT2D eigenvalue weighted by Gasteiger charge is 2.32. The van der Waals surface area contributed by atoms with Gasteiger partial charge in [-0.05, 0) is 20.8 Å². The molecule has 0 aliphatic rings. The van der Waals surface area contributed by atoms with Crippen molar-refractivity contribution in [1.82, 2.24) is 4.90 Å². The topological polar surface area (TPSA) is 101 Å². The van der Waals surface area contributed by atoms with Crippen LogP contribution in [0.3, 0.4) is 0 Å². The number of carbonyl (C=O) groups excluding carboxylic acids is 1. The number of nitrogens with zero attached hydrogens (tertiary/aromatic N) is 1. The van der Waals surface area contributed by atoms with Crippen molar-refractivity contribution < 1.29 is 27.9 Å². The Morgan fingerprint density at radius 2 is 1.78 bits per heavy atom. The van der Waals surface area contributed by atoms with Gasteiger partial charge in [-0.25, -0.2) is 18.0 Å². The lowest BCUT2D eigenvalue weighted by Crippen LogP contribution is -2.48. The molecule has 0 spiro atoms. The third-order valence-electron chi connectivity index (χ3n) is 1.89. The van der Waals surface area contributed by atoms with Crippen LogP contribution >= 0.6 is 0 Å². The molecule has 0 heterocycles. The summed E-state index contributed by atoms with van der Waals surface area (Å²) >= 11 is 0. The summed E-state index contributed by atoms with van der Waals surface area (Å²) in [6, 6.07) is -1.46. The zero-order chi connectivity index (χ0) is 14.7. The second-order valence-electron chi connectivity index (χ2n) is 5.04. The van der Waals surface area contributed by atoms with Crippen molar-refractivity contribution in [2.45, 2.75) is 32.4 Å². The van der Waals surface area contributed by atoms with E-state index in [2.05, 4.69) is 0 Å². The number of sulfone groups is 1. The molecule has 1 N–H and O–H groups in total. The summed E-state index contributed by atoms with van der Waals surface area (Å²) in [6.45, 7) is 4.89. The number of hydrogen-bond donors (Lipinski definition) is 1. The zero-order valence-corrected chi connectivity index (χ0v) is 11.9. The Morgan fingerprint density at radius 3 is 2.06 bits per heavy atom. The van der Waals surface area contributed by atoms with Gasteiger partial charge in [0.15, 0.2) is 0 Å². The lowest BCUT2D eigenvalue weighted by molar-refractivity contribution is -0.141. The number of hydrogen-bond acceptors (Lipinski definition) is 5. The number of likely N-dealkylation sites (N-methyl/N-ethyl adjacent to an activating group) is 1. The number of rotatable bonds is 4. The lowest BCUT2D eigenvalue weighted by Gasteiger charge is -2.28. The van der Waals surface area contributed by atoms with Gasteiger partial charge in [-0.2, -0.15) is 0 Å². The average molecular weight is 281 g/mol. The van der Waals surface area contributed by atoms with E-state index in [1.807, 2.05) is 0 Å². The van der Waals surface area contributed by atoms with Gasteiger partial charge in [0.05, 0.1) is 5.75 Å². The SMILES string of the molecule is CN(C(=O)OC(C)(C)C)[C@@H](CS(C)(=O)=O)C(=O)O. The van der Waals surface area contributed by atoms with Crippen molar-refractivity contribution in [2.24, 2.45) is 0 Å². The quantitative estimate of drug-likeness (QED) is 0.798. The van der Waals surface area contributed by atoms with E-state index >= 15 is 0 Å². The van der Waals surface area contributed by atoms with Gasteiger partial charge in [0.2, 0.25) is 0 Å². The van der Waals surface area contributed by atoms with Crippen LogP contribution in [-0.4, -0.2) is 61.2 Å². The van der Waals surface area contributed by atoms with E-state index in [9.17, 15) is 18.0 Å². The number of carboxylic acid groups (broad SMARTS) is 1. The van der Waals surface area contributed by atoms with Crippen molar-refractivity contribution in [3.05, 3.63) is 0 Å². The molecular weight excluding hydrogens is 262 g/mol. The van der Waals surface area contributed by atoms with Gasteiger partial charge in [-0.15, -0.1) is 0 Å². The van der Waals surface area contributed by atoms with Crippen molar-refractivity contribution >= 4 is 21.9 Å². The summed E-state index contributed by atoms with van der Waals surface area (Å²) in [4.78, 5) is 23.4. The normalized spacial score (nSPS) is 13.8. The van der Waals surface area contributed by atoms with E-state index in [4.69, 9.17) is 9.84 Å². The second-order valence-corrected chi connectivity index (χ2v) is 7.22. The maximum atomic E-state index is 11.6. The predicted molar refractivity (Wildman–Crippen MR) is 65.1 cm³/mol. The fourth-order valence-electron chi connectivity index (χ4n) is 1.10. The minimum absolute atomic E-state index is 0.655. The molecule has 18 heavy (non-hydrogen) atoms. The van der Waals surface area contributed by atoms with Gasteiger partial charge in [0.25, 0.3) is 0 Å². The number of amides is 1. The molecule has 0 saturated heterocycles. The monoisotopic (exact) mass is 281 g/mol. The van der Waals surface area contributed by atoms with Gasteiger partial charge >= 0.3 is 12.1 Å². The Hall–Kier alpha value is -1.31. The fourth-order valence-corrected chi connectivity index (χ4v) is 2.04. The molecule has 0 fully saturated rings. The molecule has 0 aromatic heterocycles. The minimum Gasteiger partial charge on any atom is -0.480 e. The molecule has 0 aliphatic heterocycles. The van der Waals surface area contributed by atoms with Crippen molar-refractivity contribution in [3.63, 3.8) is 0 Å². The van der Waals surface area contributed by atoms with E-state index in [1.165, 1.54) is 7.05 Å². The van der Waals surface area contributed by atoms with Crippen LogP contribution < -0.4 is 0 Å². The number of carboxylic acids is 1. The minimum atomic E-state index is -3.52. The lowest BCUT2D eigenvalue weighted by atomic mass is 10.2. The first-order valence-electron chi connectivity index (χ1n) is 5.20. The standard InChI is InChI=1S/C10H19NO6S/c1-10(2,3)17-9(14)11(4)7(8(12)13)6-18(5,15)16/h7H,6H2,1-5H3,(H,12,13)/t7-/m0/s1. The second kappa shape index (κ2) is 5.55. The predicted octanol–water partition coefficient (Wildman–Crippen LogP) is 0.351. The Kier molecular flexibility index (Phi) is 5.15. The third kappa shape index (κ3) is 6.43. The first kappa shape index (κ1) is 16.7.